The Labute approximate surface area is 226 Å². The van der Waals surface area contributed by atoms with Crippen molar-refractivity contribution in [2.75, 3.05) is 50.1 Å². The molecule has 8 heteroatoms. The van der Waals surface area contributed by atoms with Gasteiger partial charge in [-0.15, -0.1) is 0 Å². The van der Waals surface area contributed by atoms with E-state index in [1.54, 1.807) is 32.2 Å². The van der Waals surface area contributed by atoms with Gasteiger partial charge >= 0.3 is 5.97 Å². The highest BCUT2D eigenvalue weighted by molar-refractivity contribution is 9.10. The van der Waals surface area contributed by atoms with Crippen LogP contribution in [0.1, 0.15) is 38.8 Å². The SMILES string of the molecule is CCOC(=O)c1ccc(N2CCN(Cc3ccccc3)CC2)c(NC(=O)c2cc(Br)cc(C)c2OC)c1. The van der Waals surface area contributed by atoms with E-state index in [4.69, 9.17) is 9.47 Å². The summed E-state index contributed by atoms with van der Waals surface area (Å²) in [6.07, 6.45) is 0. The number of methoxy groups -OCH3 is 1. The molecule has 37 heavy (non-hydrogen) atoms. The Morgan fingerprint density at radius 3 is 2.41 bits per heavy atom. The number of ether oxygens (including phenoxy) is 2. The van der Waals surface area contributed by atoms with Gasteiger partial charge in [0.2, 0.25) is 0 Å². The summed E-state index contributed by atoms with van der Waals surface area (Å²) in [4.78, 5) is 30.6. The maximum absolute atomic E-state index is 13.4. The number of nitrogens with zero attached hydrogens (tertiary/aromatic N) is 2. The zero-order valence-electron chi connectivity index (χ0n) is 21.4. The van der Waals surface area contributed by atoms with Crippen molar-refractivity contribution in [1.82, 2.24) is 4.90 Å². The molecule has 1 aliphatic rings. The molecule has 4 rings (SSSR count). The third-order valence-electron chi connectivity index (χ3n) is 6.41. The fourth-order valence-electron chi connectivity index (χ4n) is 4.60. The second kappa shape index (κ2) is 12.3. The molecule has 0 spiro atoms. The van der Waals surface area contributed by atoms with Gasteiger partial charge in [-0.2, -0.15) is 0 Å². The number of anilines is 2. The van der Waals surface area contributed by atoms with Crippen LogP contribution in [-0.2, 0) is 11.3 Å². The molecule has 0 radical (unpaired) electrons. The van der Waals surface area contributed by atoms with E-state index in [0.717, 1.165) is 48.4 Å². The Hall–Kier alpha value is -3.36. The average Bonchev–Trinajstić information content (AvgIpc) is 2.89. The lowest BCUT2D eigenvalue weighted by Gasteiger charge is -2.37. The molecular weight excluding hydrogens is 534 g/mol. The fraction of sp³-hybridized carbons (Fsp3) is 0.310. The molecule has 1 amide bonds. The minimum absolute atomic E-state index is 0.278. The van der Waals surface area contributed by atoms with Crippen molar-refractivity contribution in [3.63, 3.8) is 0 Å². The van der Waals surface area contributed by atoms with Gasteiger partial charge in [0.25, 0.3) is 5.91 Å². The minimum atomic E-state index is -0.423. The molecule has 1 saturated heterocycles. The van der Waals surface area contributed by atoms with Crippen molar-refractivity contribution >= 4 is 39.2 Å². The number of aryl methyl sites for hydroxylation is 1. The Morgan fingerprint density at radius 2 is 1.73 bits per heavy atom. The van der Waals surface area contributed by atoms with Crippen molar-refractivity contribution in [1.29, 1.82) is 0 Å². The second-order valence-electron chi connectivity index (χ2n) is 8.96. The Balaban J connectivity index is 1.58. The van der Waals surface area contributed by atoms with Crippen LogP contribution < -0.4 is 15.0 Å². The number of rotatable bonds is 8. The number of carbonyl (C=O) groups is 2. The third-order valence-corrected chi connectivity index (χ3v) is 6.86. The topological polar surface area (TPSA) is 71.1 Å². The third kappa shape index (κ3) is 6.50. The number of esters is 1. The fourth-order valence-corrected chi connectivity index (χ4v) is 5.17. The lowest BCUT2D eigenvalue weighted by atomic mass is 10.1. The van der Waals surface area contributed by atoms with Gasteiger partial charge in [0.15, 0.2) is 0 Å². The first kappa shape index (κ1) is 26.7. The van der Waals surface area contributed by atoms with Crippen LogP contribution in [0.2, 0.25) is 0 Å². The largest absolute Gasteiger partial charge is 0.496 e. The summed E-state index contributed by atoms with van der Waals surface area (Å²) in [6, 6.07) is 19.4. The van der Waals surface area contributed by atoms with Gasteiger partial charge in [0.1, 0.15) is 5.75 Å². The lowest BCUT2D eigenvalue weighted by Crippen LogP contribution is -2.46. The molecule has 1 heterocycles. The first-order valence-corrected chi connectivity index (χ1v) is 13.2. The van der Waals surface area contributed by atoms with Gasteiger partial charge in [-0.3, -0.25) is 9.69 Å². The molecule has 0 atom stereocenters. The minimum Gasteiger partial charge on any atom is -0.496 e. The molecular formula is C29H32BrN3O4. The van der Waals surface area contributed by atoms with Gasteiger partial charge in [-0.1, -0.05) is 46.3 Å². The van der Waals surface area contributed by atoms with Crippen LogP contribution in [0.3, 0.4) is 0 Å². The molecule has 3 aromatic carbocycles. The van der Waals surface area contributed by atoms with Crippen LogP contribution in [0.5, 0.6) is 5.75 Å². The maximum Gasteiger partial charge on any atom is 0.338 e. The number of halogens is 1. The molecule has 0 aliphatic carbocycles. The van der Waals surface area contributed by atoms with Gasteiger partial charge < -0.3 is 19.7 Å². The molecule has 0 aromatic heterocycles. The van der Waals surface area contributed by atoms with Gasteiger partial charge in [0, 0.05) is 37.2 Å². The lowest BCUT2D eigenvalue weighted by molar-refractivity contribution is 0.0526. The van der Waals surface area contributed by atoms with E-state index in [-0.39, 0.29) is 12.5 Å². The van der Waals surface area contributed by atoms with E-state index in [1.165, 1.54) is 5.56 Å². The molecule has 0 bridgehead atoms. The first-order chi connectivity index (χ1) is 17.9. The standard InChI is InChI=1S/C29H32BrN3O4/c1-4-37-29(35)22-10-11-26(33-14-12-32(13-15-33)19-21-8-6-5-7-9-21)25(17-22)31-28(34)24-18-23(30)16-20(2)27(24)36-3/h5-11,16-18H,4,12-15,19H2,1-3H3,(H,31,34). The number of nitrogens with one attached hydrogen (secondary N) is 1. The number of hydrogen-bond acceptors (Lipinski definition) is 6. The van der Waals surface area contributed by atoms with Crippen molar-refractivity contribution < 1.29 is 19.1 Å². The smallest absolute Gasteiger partial charge is 0.338 e. The maximum atomic E-state index is 13.4. The summed E-state index contributed by atoms with van der Waals surface area (Å²) in [5.41, 5.74) is 4.37. The molecule has 0 unspecified atom stereocenters. The summed E-state index contributed by atoms with van der Waals surface area (Å²) in [6.45, 7) is 8.22. The van der Waals surface area contributed by atoms with Crippen LogP contribution in [-0.4, -0.2) is 56.7 Å². The summed E-state index contributed by atoms with van der Waals surface area (Å²) >= 11 is 3.47. The summed E-state index contributed by atoms with van der Waals surface area (Å²) in [5, 5.41) is 3.04. The summed E-state index contributed by atoms with van der Waals surface area (Å²) < 4.78 is 11.5. The van der Waals surface area contributed by atoms with Crippen LogP contribution >= 0.6 is 15.9 Å². The highest BCUT2D eigenvalue weighted by atomic mass is 79.9. The zero-order chi connectivity index (χ0) is 26.4. The molecule has 1 fully saturated rings. The van der Waals surface area contributed by atoms with Gasteiger partial charge in [-0.05, 0) is 55.3 Å². The molecule has 1 N–H and O–H groups in total. The number of carbonyl (C=O) groups excluding carboxylic acids is 2. The molecule has 0 saturated carbocycles. The number of piperazine rings is 1. The summed E-state index contributed by atoms with van der Waals surface area (Å²) in [7, 11) is 1.55. The monoisotopic (exact) mass is 565 g/mol. The van der Waals surface area contributed by atoms with Gasteiger partial charge in [0.05, 0.1) is 36.2 Å². The molecule has 194 valence electrons. The summed E-state index contributed by atoms with van der Waals surface area (Å²) in [5.74, 6) is -0.224. The number of amides is 1. The molecule has 7 nitrogen and oxygen atoms in total. The first-order valence-electron chi connectivity index (χ1n) is 12.4. The predicted molar refractivity (Wildman–Crippen MR) is 150 cm³/mol. The van der Waals surface area contributed by atoms with E-state index in [0.29, 0.717) is 22.6 Å². The van der Waals surface area contributed by atoms with Crippen LogP contribution in [0.15, 0.2) is 65.1 Å². The Bertz CT molecular complexity index is 1260. The quantitative estimate of drug-likeness (QED) is 0.363. The van der Waals surface area contributed by atoms with E-state index in [9.17, 15) is 9.59 Å². The van der Waals surface area contributed by atoms with Crippen LogP contribution in [0.4, 0.5) is 11.4 Å². The van der Waals surface area contributed by atoms with Crippen LogP contribution in [0, 0.1) is 6.92 Å². The van der Waals surface area contributed by atoms with Crippen LogP contribution in [0.25, 0.3) is 0 Å². The van der Waals surface area contributed by atoms with Gasteiger partial charge in [-0.25, -0.2) is 4.79 Å². The van der Waals surface area contributed by atoms with Crippen molar-refractivity contribution in [3.8, 4) is 5.75 Å². The predicted octanol–water partition coefficient (Wildman–Crippen LogP) is 5.52. The molecule has 1 aliphatic heterocycles. The number of benzene rings is 3. The zero-order valence-corrected chi connectivity index (χ0v) is 23.0. The normalized spacial score (nSPS) is 13.8. The highest BCUT2D eigenvalue weighted by Gasteiger charge is 2.23. The average molecular weight is 566 g/mol. The van der Waals surface area contributed by atoms with Crippen molar-refractivity contribution in [3.05, 3.63) is 87.4 Å². The second-order valence-corrected chi connectivity index (χ2v) is 9.87. The van der Waals surface area contributed by atoms with E-state index in [2.05, 4.69) is 55.3 Å². The van der Waals surface area contributed by atoms with E-state index >= 15 is 0 Å². The van der Waals surface area contributed by atoms with Crippen molar-refractivity contribution in [2.45, 2.75) is 20.4 Å². The van der Waals surface area contributed by atoms with Crippen molar-refractivity contribution in [2.24, 2.45) is 0 Å². The Kier molecular flexibility index (Phi) is 8.84. The highest BCUT2D eigenvalue weighted by Crippen LogP contribution is 2.32. The number of hydrogen-bond donors (Lipinski definition) is 1. The van der Waals surface area contributed by atoms with E-state index < -0.39 is 5.97 Å². The van der Waals surface area contributed by atoms with E-state index in [1.807, 2.05) is 25.1 Å². The Morgan fingerprint density at radius 1 is 1.00 bits per heavy atom. The molecule has 3 aromatic rings.